The van der Waals surface area contributed by atoms with Crippen molar-refractivity contribution in [1.29, 1.82) is 0 Å². The van der Waals surface area contributed by atoms with Crippen LogP contribution < -0.4 is 10.1 Å². The minimum atomic E-state index is -0.148. The average Bonchev–Trinajstić information content (AvgIpc) is 3.24. The van der Waals surface area contributed by atoms with Gasteiger partial charge in [0.2, 0.25) is 0 Å². The van der Waals surface area contributed by atoms with Crippen molar-refractivity contribution in [3.8, 4) is 11.5 Å². The molecule has 3 aromatic carbocycles. The Bertz CT molecular complexity index is 1330. The molecule has 6 heteroatoms. The molecule has 140 valence electrons. The summed E-state index contributed by atoms with van der Waals surface area (Å²) in [4.78, 5) is 17.0. The molecule has 0 aliphatic carbocycles. The van der Waals surface area contributed by atoms with E-state index in [-0.39, 0.29) is 5.91 Å². The van der Waals surface area contributed by atoms with Gasteiger partial charge < -0.3 is 10.1 Å². The van der Waals surface area contributed by atoms with Gasteiger partial charge in [-0.2, -0.15) is 5.10 Å². The lowest BCUT2D eigenvalue weighted by molar-refractivity contribution is 0.102. The van der Waals surface area contributed by atoms with Crippen molar-refractivity contribution in [2.75, 3.05) is 5.32 Å². The summed E-state index contributed by atoms with van der Waals surface area (Å²) in [5.41, 5.74) is 2.04. The van der Waals surface area contributed by atoms with Crippen LogP contribution in [0, 0.1) is 0 Å². The fourth-order valence-electron chi connectivity index (χ4n) is 3.29. The summed E-state index contributed by atoms with van der Waals surface area (Å²) in [6.07, 6.45) is 3.35. The minimum Gasteiger partial charge on any atom is -0.456 e. The Hall–Kier alpha value is -4.19. The van der Waals surface area contributed by atoms with E-state index in [0.717, 1.165) is 21.8 Å². The number of carbonyl (C=O) groups excluding carboxylic acids is 1. The first kappa shape index (κ1) is 16.9. The molecule has 2 aromatic heterocycles. The molecule has 5 aromatic rings. The lowest BCUT2D eigenvalue weighted by Crippen LogP contribution is -2.12. The van der Waals surface area contributed by atoms with Crippen LogP contribution in [-0.2, 0) is 0 Å². The second kappa shape index (κ2) is 7.09. The summed E-state index contributed by atoms with van der Waals surface area (Å²) >= 11 is 0. The highest BCUT2D eigenvalue weighted by Crippen LogP contribution is 2.31. The van der Waals surface area contributed by atoms with Gasteiger partial charge in [0.15, 0.2) is 5.65 Å². The molecule has 0 aliphatic rings. The number of fused-ring (bicyclic) bond motifs is 2. The van der Waals surface area contributed by atoms with Crippen LogP contribution in [0.15, 0.2) is 85.2 Å². The maximum absolute atomic E-state index is 12.8. The van der Waals surface area contributed by atoms with Gasteiger partial charge in [-0.25, -0.2) is 4.98 Å². The van der Waals surface area contributed by atoms with Gasteiger partial charge >= 0.3 is 0 Å². The zero-order valence-electron chi connectivity index (χ0n) is 15.3. The average molecular weight is 380 g/mol. The van der Waals surface area contributed by atoms with E-state index in [9.17, 15) is 4.79 Å². The third kappa shape index (κ3) is 3.27. The molecule has 6 nitrogen and oxygen atoms in total. The predicted octanol–water partition coefficient (Wildman–Crippen LogP) is 5.16. The Labute approximate surface area is 166 Å². The van der Waals surface area contributed by atoms with Crippen molar-refractivity contribution in [2.45, 2.75) is 0 Å². The van der Waals surface area contributed by atoms with Crippen molar-refractivity contribution in [3.63, 3.8) is 0 Å². The maximum atomic E-state index is 12.8. The lowest BCUT2D eigenvalue weighted by atomic mass is 10.0. The van der Waals surface area contributed by atoms with E-state index in [2.05, 4.69) is 20.5 Å². The van der Waals surface area contributed by atoms with Gasteiger partial charge in [0.1, 0.15) is 11.5 Å². The molecule has 1 amide bonds. The first-order valence-electron chi connectivity index (χ1n) is 9.13. The maximum Gasteiger partial charge on any atom is 0.256 e. The number of rotatable bonds is 4. The first-order valence-corrected chi connectivity index (χ1v) is 9.13. The largest absolute Gasteiger partial charge is 0.456 e. The number of H-pyrrole nitrogens is 1. The molecule has 2 heterocycles. The molecule has 0 bridgehead atoms. The van der Waals surface area contributed by atoms with Gasteiger partial charge in [0.05, 0.1) is 11.6 Å². The summed E-state index contributed by atoms with van der Waals surface area (Å²) in [5.74, 6) is 1.19. The molecular weight excluding hydrogens is 364 g/mol. The number of aromatic nitrogens is 3. The van der Waals surface area contributed by atoms with Crippen molar-refractivity contribution in [2.24, 2.45) is 0 Å². The third-order valence-electron chi connectivity index (χ3n) is 4.67. The van der Waals surface area contributed by atoms with E-state index in [1.807, 2.05) is 66.7 Å². The van der Waals surface area contributed by atoms with E-state index in [1.54, 1.807) is 18.5 Å². The van der Waals surface area contributed by atoms with Crippen LogP contribution >= 0.6 is 0 Å². The van der Waals surface area contributed by atoms with E-state index < -0.39 is 0 Å². The van der Waals surface area contributed by atoms with E-state index in [0.29, 0.717) is 22.7 Å². The molecule has 0 saturated heterocycles. The van der Waals surface area contributed by atoms with Crippen LogP contribution in [0.4, 0.5) is 5.69 Å². The molecule has 5 rings (SSSR count). The molecule has 29 heavy (non-hydrogen) atoms. The molecule has 0 saturated carbocycles. The number of para-hydroxylation sites is 1. The Morgan fingerprint density at radius 2 is 1.83 bits per heavy atom. The molecule has 0 radical (unpaired) electrons. The zero-order chi connectivity index (χ0) is 19.6. The Kier molecular flexibility index (Phi) is 4.14. The number of ether oxygens (including phenoxy) is 1. The van der Waals surface area contributed by atoms with Crippen molar-refractivity contribution >= 4 is 33.4 Å². The number of amides is 1. The SMILES string of the molecule is O=C(Nc1ccccc1)c1cccc2cc(Oc3ccnc4[nH]ncc34)ccc12. The van der Waals surface area contributed by atoms with Crippen LogP contribution in [0.1, 0.15) is 10.4 Å². The zero-order valence-corrected chi connectivity index (χ0v) is 15.3. The molecule has 0 fully saturated rings. The number of nitrogens with one attached hydrogen (secondary N) is 2. The van der Waals surface area contributed by atoms with E-state index >= 15 is 0 Å². The Morgan fingerprint density at radius 3 is 2.72 bits per heavy atom. The van der Waals surface area contributed by atoms with Gasteiger partial charge in [-0.3, -0.25) is 9.89 Å². The van der Waals surface area contributed by atoms with Crippen molar-refractivity contribution < 1.29 is 9.53 Å². The van der Waals surface area contributed by atoms with Crippen molar-refractivity contribution in [1.82, 2.24) is 15.2 Å². The van der Waals surface area contributed by atoms with E-state index in [4.69, 9.17) is 4.74 Å². The topological polar surface area (TPSA) is 79.9 Å². The summed E-state index contributed by atoms with van der Waals surface area (Å²) < 4.78 is 6.05. The second-order valence-electron chi connectivity index (χ2n) is 6.55. The normalized spacial score (nSPS) is 10.9. The Morgan fingerprint density at radius 1 is 0.931 bits per heavy atom. The fourth-order valence-corrected chi connectivity index (χ4v) is 3.29. The van der Waals surface area contributed by atoms with Crippen LogP contribution in [-0.4, -0.2) is 21.1 Å². The standard InChI is InChI=1S/C23H16N4O2/c28-23(26-16-6-2-1-3-7-16)19-8-4-5-15-13-17(9-10-18(15)19)29-21-11-12-24-22-20(21)14-25-27-22/h1-14H,(H,26,28)(H,24,25,27). The Balaban J connectivity index is 1.47. The third-order valence-corrected chi connectivity index (χ3v) is 4.67. The number of pyridine rings is 1. The molecule has 0 unspecified atom stereocenters. The quantitative estimate of drug-likeness (QED) is 0.451. The molecule has 0 atom stereocenters. The highest BCUT2D eigenvalue weighted by Gasteiger charge is 2.12. The number of nitrogens with zero attached hydrogens (tertiary/aromatic N) is 2. The number of carbonyl (C=O) groups is 1. The molecular formula is C23H16N4O2. The number of aromatic amines is 1. The minimum absolute atomic E-state index is 0.148. The second-order valence-corrected chi connectivity index (χ2v) is 6.55. The van der Waals surface area contributed by atoms with Crippen molar-refractivity contribution in [3.05, 3.63) is 90.8 Å². The number of anilines is 1. The first-order chi connectivity index (χ1) is 14.3. The summed E-state index contributed by atoms with van der Waals surface area (Å²) in [6, 6.07) is 22.5. The van der Waals surface area contributed by atoms with Crippen LogP contribution in [0.2, 0.25) is 0 Å². The number of hydrogen-bond donors (Lipinski definition) is 2. The molecule has 2 N–H and O–H groups in total. The van der Waals surface area contributed by atoms with Crippen LogP contribution in [0.3, 0.4) is 0 Å². The highest BCUT2D eigenvalue weighted by molar-refractivity contribution is 6.13. The monoisotopic (exact) mass is 380 g/mol. The number of hydrogen-bond acceptors (Lipinski definition) is 4. The number of benzene rings is 3. The predicted molar refractivity (Wildman–Crippen MR) is 112 cm³/mol. The van der Waals surface area contributed by atoms with Gasteiger partial charge in [0.25, 0.3) is 5.91 Å². The van der Waals surface area contributed by atoms with Gasteiger partial charge in [0, 0.05) is 17.4 Å². The summed E-state index contributed by atoms with van der Waals surface area (Å²) in [6.45, 7) is 0. The van der Waals surface area contributed by atoms with Gasteiger partial charge in [-0.05, 0) is 53.2 Å². The fraction of sp³-hybridized carbons (Fsp3) is 0. The summed E-state index contributed by atoms with van der Waals surface area (Å²) in [5, 5.41) is 12.4. The highest BCUT2D eigenvalue weighted by atomic mass is 16.5. The molecule has 0 spiro atoms. The van der Waals surface area contributed by atoms with E-state index in [1.165, 1.54) is 0 Å². The lowest BCUT2D eigenvalue weighted by Gasteiger charge is -2.10. The smallest absolute Gasteiger partial charge is 0.256 e. The van der Waals surface area contributed by atoms with Gasteiger partial charge in [-0.15, -0.1) is 0 Å². The van der Waals surface area contributed by atoms with Gasteiger partial charge in [-0.1, -0.05) is 30.3 Å². The van der Waals surface area contributed by atoms with Crippen LogP contribution in [0.25, 0.3) is 21.8 Å². The van der Waals surface area contributed by atoms with Crippen LogP contribution in [0.5, 0.6) is 11.5 Å². The molecule has 0 aliphatic heterocycles. The summed E-state index contributed by atoms with van der Waals surface area (Å²) in [7, 11) is 0.